The van der Waals surface area contributed by atoms with Gasteiger partial charge in [0, 0.05) is 23.9 Å². The van der Waals surface area contributed by atoms with Gasteiger partial charge < -0.3 is 4.74 Å². The van der Waals surface area contributed by atoms with Gasteiger partial charge in [0.05, 0.1) is 18.7 Å². The number of rotatable bonds is 6. The highest BCUT2D eigenvalue weighted by atomic mass is 32.2. The minimum absolute atomic E-state index is 0.496. The second-order valence-electron chi connectivity index (χ2n) is 4.36. The standard InChI is InChI=1S/C14H20N2OS/c1-11(10-18-4)16(2)9-13-7-12(8-15)5-6-14(13)17-3/h5-7,11H,9-10H2,1-4H3. The Labute approximate surface area is 114 Å². The summed E-state index contributed by atoms with van der Waals surface area (Å²) in [6.07, 6.45) is 2.11. The molecule has 0 aliphatic rings. The van der Waals surface area contributed by atoms with Crippen LogP contribution in [0, 0.1) is 11.3 Å². The molecule has 4 heteroatoms. The lowest BCUT2D eigenvalue weighted by Crippen LogP contribution is -2.30. The topological polar surface area (TPSA) is 36.3 Å². The number of methoxy groups -OCH3 is 1. The van der Waals surface area contributed by atoms with E-state index in [0.29, 0.717) is 11.6 Å². The van der Waals surface area contributed by atoms with Gasteiger partial charge in [-0.2, -0.15) is 17.0 Å². The van der Waals surface area contributed by atoms with E-state index in [0.717, 1.165) is 23.6 Å². The molecule has 1 atom stereocenters. The fourth-order valence-corrected chi connectivity index (χ4v) is 2.50. The fraction of sp³-hybridized carbons (Fsp3) is 0.500. The van der Waals surface area contributed by atoms with E-state index in [4.69, 9.17) is 10.00 Å². The van der Waals surface area contributed by atoms with Crippen molar-refractivity contribution in [2.45, 2.75) is 19.5 Å². The van der Waals surface area contributed by atoms with Gasteiger partial charge in [-0.3, -0.25) is 4.90 Å². The van der Waals surface area contributed by atoms with Gasteiger partial charge in [-0.15, -0.1) is 0 Å². The number of ether oxygens (including phenoxy) is 1. The molecule has 0 aliphatic carbocycles. The highest BCUT2D eigenvalue weighted by Crippen LogP contribution is 2.22. The molecule has 0 aliphatic heterocycles. The van der Waals surface area contributed by atoms with Gasteiger partial charge in [0.1, 0.15) is 5.75 Å². The van der Waals surface area contributed by atoms with E-state index in [1.54, 1.807) is 13.2 Å². The van der Waals surface area contributed by atoms with Crippen LogP contribution in [0.1, 0.15) is 18.1 Å². The van der Waals surface area contributed by atoms with E-state index in [-0.39, 0.29) is 0 Å². The van der Waals surface area contributed by atoms with Crippen LogP contribution in [0.4, 0.5) is 0 Å². The molecular weight excluding hydrogens is 244 g/mol. The average molecular weight is 264 g/mol. The molecule has 18 heavy (non-hydrogen) atoms. The average Bonchev–Trinajstić information content (AvgIpc) is 2.38. The van der Waals surface area contributed by atoms with Crippen LogP contribution < -0.4 is 4.74 Å². The van der Waals surface area contributed by atoms with Crippen LogP contribution in [-0.4, -0.2) is 37.1 Å². The lowest BCUT2D eigenvalue weighted by molar-refractivity contribution is 0.265. The molecule has 1 unspecified atom stereocenters. The molecule has 3 nitrogen and oxygen atoms in total. The largest absolute Gasteiger partial charge is 0.496 e. The molecular formula is C14H20N2OS. The molecule has 0 aromatic heterocycles. The van der Waals surface area contributed by atoms with Crippen molar-refractivity contribution in [3.8, 4) is 11.8 Å². The van der Waals surface area contributed by atoms with Crippen LogP contribution in [0.3, 0.4) is 0 Å². The van der Waals surface area contributed by atoms with Gasteiger partial charge in [-0.05, 0) is 38.4 Å². The summed E-state index contributed by atoms with van der Waals surface area (Å²) in [7, 11) is 3.76. The molecule has 0 heterocycles. The zero-order chi connectivity index (χ0) is 13.5. The molecule has 0 radical (unpaired) electrons. The molecule has 0 saturated heterocycles. The summed E-state index contributed by atoms with van der Waals surface area (Å²) in [5.74, 6) is 1.94. The van der Waals surface area contributed by atoms with Crippen LogP contribution in [0.2, 0.25) is 0 Å². The molecule has 0 fully saturated rings. The Balaban J connectivity index is 2.85. The second-order valence-corrected chi connectivity index (χ2v) is 5.27. The van der Waals surface area contributed by atoms with Crippen LogP contribution in [0.5, 0.6) is 5.75 Å². The lowest BCUT2D eigenvalue weighted by Gasteiger charge is -2.24. The van der Waals surface area contributed by atoms with Gasteiger partial charge in [0.15, 0.2) is 0 Å². The van der Waals surface area contributed by atoms with Crippen LogP contribution in [0.15, 0.2) is 18.2 Å². The highest BCUT2D eigenvalue weighted by molar-refractivity contribution is 7.98. The number of benzene rings is 1. The fourth-order valence-electron chi connectivity index (χ4n) is 1.76. The molecule has 1 rings (SSSR count). The summed E-state index contributed by atoms with van der Waals surface area (Å²) >= 11 is 1.84. The maximum atomic E-state index is 8.95. The SMILES string of the molecule is COc1ccc(C#N)cc1CN(C)C(C)CSC. The van der Waals surface area contributed by atoms with Gasteiger partial charge in [-0.1, -0.05) is 0 Å². The predicted octanol–water partition coefficient (Wildman–Crippen LogP) is 2.75. The van der Waals surface area contributed by atoms with Crippen molar-refractivity contribution in [2.75, 3.05) is 26.2 Å². The van der Waals surface area contributed by atoms with Crippen LogP contribution >= 0.6 is 11.8 Å². The van der Waals surface area contributed by atoms with E-state index >= 15 is 0 Å². The molecule has 0 amide bonds. The monoisotopic (exact) mass is 264 g/mol. The number of hydrogen-bond donors (Lipinski definition) is 0. The third-order valence-electron chi connectivity index (χ3n) is 2.99. The number of nitriles is 1. The first-order valence-electron chi connectivity index (χ1n) is 5.88. The molecule has 1 aromatic carbocycles. The quantitative estimate of drug-likeness (QED) is 0.791. The molecule has 1 aromatic rings. The molecule has 0 N–H and O–H groups in total. The Morgan fingerprint density at radius 2 is 2.22 bits per heavy atom. The second kappa shape index (κ2) is 7.30. The lowest BCUT2D eigenvalue weighted by atomic mass is 10.1. The zero-order valence-electron chi connectivity index (χ0n) is 11.4. The van der Waals surface area contributed by atoms with E-state index in [2.05, 4.69) is 31.2 Å². The van der Waals surface area contributed by atoms with E-state index in [1.807, 2.05) is 23.9 Å². The summed E-state index contributed by atoms with van der Waals surface area (Å²) in [6.45, 7) is 3.00. The Morgan fingerprint density at radius 3 is 2.78 bits per heavy atom. The Morgan fingerprint density at radius 1 is 1.50 bits per heavy atom. The smallest absolute Gasteiger partial charge is 0.123 e. The normalized spacial score (nSPS) is 12.2. The predicted molar refractivity (Wildman–Crippen MR) is 77.0 cm³/mol. The molecule has 0 saturated carbocycles. The van der Waals surface area contributed by atoms with Gasteiger partial charge in [0.25, 0.3) is 0 Å². The van der Waals surface area contributed by atoms with Gasteiger partial charge in [-0.25, -0.2) is 0 Å². The van der Waals surface area contributed by atoms with Crippen molar-refractivity contribution in [3.63, 3.8) is 0 Å². The highest BCUT2D eigenvalue weighted by Gasteiger charge is 2.12. The first kappa shape index (κ1) is 14.9. The number of hydrogen-bond acceptors (Lipinski definition) is 4. The van der Waals surface area contributed by atoms with E-state index < -0.39 is 0 Å². The van der Waals surface area contributed by atoms with Crippen molar-refractivity contribution < 1.29 is 4.74 Å². The summed E-state index contributed by atoms with van der Waals surface area (Å²) < 4.78 is 5.34. The minimum Gasteiger partial charge on any atom is -0.496 e. The molecule has 98 valence electrons. The molecule has 0 bridgehead atoms. The maximum absolute atomic E-state index is 8.95. The Kier molecular flexibility index (Phi) is 6.03. The van der Waals surface area contributed by atoms with Crippen molar-refractivity contribution in [1.29, 1.82) is 5.26 Å². The van der Waals surface area contributed by atoms with Crippen molar-refractivity contribution >= 4 is 11.8 Å². The van der Waals surface area contributed by atoms with Gasteiger partial charge in [0.2, 0.25) is 0 Å². The number of thioether (sulfide) groups is 1. The Bertz CT molecular complexity index is 428. The Hall–Kier alpha value is -1.18. The van der Waals surface area contributed by atoms with Gasteiger partial charge >= 0.3 is 0 Å². The number of nitrogens with zero attached hydrogens (tertiary/aromatic N) is 2. The maximum Gasteiger partial charge on any atom is 0.123 e. The molecule has 0 spiro atoms. The summed E-state index contributed by atoms with van der Waals surface area (Å²) in [6, 6.07) is 8.22. The summed E-state index contributed by atoms with van der Waals surface area (Å²) in [5.41, 5.74) is 1.74. The van der Waals surface area contributed by atoms with Crippen molar-refractivity contribution in [2.24, 2.45) is 0 Å². The van der Waals surface area contributed by atoms with E-state index in [9.17, 15) is 0 Å². The summed E-state index contributed by atoms with van der Waals surface area (Å²) in [4.78, 5) is 2.27. The van der Waals surface area contributed by atoms with Crippen LogP contribution in [-0.2, 0) is 6.54 Å². The van der Waals surface area contributed by atoms with Crippen molar-refractivity contribution in [1.82, 2.24) is 4.90 Å². The van der Waals surface area contributed by atoms with Crippen LogP contribution in [0.25, 0.3) is 0 Å². The first-order chi connectivity index (χ1) is 8.62. The first-order valence-corrected chi connectivity index (χ1v) is 7.28. The zero-order valence-corrected chi connectivity index (χ0v) is 12.3. The summed E-state index contributed by atoms with van der Waals surface area (Å²) in [5, 5.41) is 8.95. The van der Waals surface area contributed by atoms with Crippen molar-refractivity contribution in [3.05, 3.63) is 29.3 Å². The van der Waals surface area contributed by atoms with E-state index in [1.165, 1.54) is 0 Å². The minimum atomic E-state index is 0.496. The third-order valence-corrected chi connectivity index (χ3v) is 3.81. The third kappa shape index (κ3) is 3.94.